The summed E-state index contributed by atoms with van der Waals surface area (Å²) in [5, 5.41) is 4.32. The molecule has 0 aliphatic carbocycles. The van der Waals surface area contributed by atoms with E-state index in [-0.39, 0.29) is 23.7 Å². The minimum atomic E-state index is -0.302. The molecule has 2 heterocycles. The summed E-state index contributed by atoms with van der Waals surface area (Å²) in [6.07, 6.45) is 0.850. The molecule has 1 fully saturated rings. The van der Waals surface area contributed by atoms with Gasteiger partial charge in [-0.25, -0.2) is 4.39 Å². The molecule has 0 spiro atoms. The van der Waals surface area contributed by atoms with Gasteiger partial charge in [-0.15, -0.1) is 0 Å². The van der Waals surface area contributed by atoms with Crippen LogP contribution in [-0.2, 0) is 16.1 Å². The van der Waals surface area contributed by atoms with Crippen molar-refractivity contribution in [3.63, 3.8) is 0 Å². The van der Waals surface area contributed by atoms with Gasteiger partial charge in [-0.3, -0.25) is 4.79 Å². The van der Waals surface area contributed by atoms with E-state index in [9.17, 15) is 9.18 Å². The Labute approximate surface area is 171 Å². The number of ether oxygens (including phenoxy) is 1. The van der Waals surface area contributed by atoms with E-state index in [1.54, 1.807) is 12.1 Å². The summed E-state index contributed by atoms with van der Waals surface area (Å²) in [6.45, 7) is 11.0. The number of amides is 1. The zero-order valence-electron chi connectivity index (χ0n) is 17.7. The number of anilines is 1. The fraction of sp³-hybridized carbons (Fsp3) is 0.545. The van der Waals surface area contributed by atoms with Gasteiger partial charge in [0.25, 0.3) is 0 Å². The molecule has 6 nitrogen and oxygen atoms in total. The van der Waals surface area contributed by atoms with Gasteiger partial charge in [-0.1, -0.05) is 25.9 Å². The standard InChI is InChI=1S/C22H30FN3O3/c1-5-16(4)26(21(27)15(2)3)14-19-20(17-6-8-18(23)9-7-17)24-29-22(19)25-10-12-28-13-11-25/h6-9,15-16H,5,10-14H2,1-4H3/t16-/m0/s1. The quantitative estimate of drug-likeness (QED) is 0.697. The highest BCUT2D eigenvalue weighted by Gasteiger charge is 2.29. The van der Waals surface area contributed by atoms with Gasteiger partial charge in [0.15, 0.2) is 0 Å². The van der Waals surface area contributed by atoms with Crippen LogP contribution in [0.15, 0.2) is 28.8 Å². The van der Waals surface area contributed by atoms with Crippen molar-refractivity contribution in [3.05, 3.63) is 35.6 Å². The molecule has 1 aliphatic heterocycles. The summed E-state index contributed by atoms with van der Waals surface area (Å²) in [6, 6.07) is 6.29. The molecular formula is C22H30FN3O3. The van der Waals surface area contributed by atoms with Crippen LogP contribution in [0.2, 0.25) is 0 Å². The fourth-order valence-electron chi connectivity index (χ4n) is 3.47. The second-order valence-electron chi connectivity index (χ2n) is 7.80. The van der Waals surface area contributed by atoms with Crippen molar-refractivity contribution in [1.29, 1.82) is 0 Å². The number of carbonyl (C=O) groups excluding carboxylic acids is 1. The smallest absolute Gasteiger partial charge is 0.233 e. The molecule has 158 valence electrons. The monoisotopic (exact) mass is 403 g/mol. The van der Waals surface area contributed by atoms with E-state index in [2.05, 4.69) is 23.9 Å². The number of benzene rings is 1. The van der Waals surface area contributed by atoms with E-state index >= 15 is 0 Å². The van der Waals surface area contributed by atoms with Gasteiger partial charge in [-0.2, -0.15) is 0 Å². The van der Waals surface area contributed by atoms with Gasteiger partial charge in [0, 0.05) is 30.6 Å². The maximum absolute atomic E-state index is 13.4. The lowest BCUT2D eigenvalue weighted by Crippen LogP contribution is -2.41. The number of nitrogens with zero attached hydrogens (tertiary/aromatic N) is 3. The van der Waals surface area contributed by atoms with Crippen LogP contribution in [0.5, 0.6) is 0 Å². The van der Waals surface area contributed by atoms with Gasteiger partial charge in [-0.05, 0) is 37.6 Å². The zero-order chi connectivity index (χ0) is 21.0. The van der Waals surface area contributed by atoms with E-state index < -0.39 is 0 Å². The molecular weight excluding hydrogens is 373 g/mol. The van der Waals surface area contributed by atoms with Crippen molar-refractivity contribution >= 4 is 11.8 Å². The molecule has 0 saturated carbocycles. The molecule has 1 atom stereocenters. The molecule has 3 rings (SSSR count). The molecule has 0 bridgehead atoms. The van der Waals surface area contributed by atoms with Crippen molar-refractivity contribution in [2.24, 2.45) is 5.92 Å². The predicted molar refractivity (Wildman–Crippen MR) is 110 cm³/mol. The van der Waals surface area contributed by atoms with Gasteiger partial charge < -0.3 is 19.1 Å². The molecule has 7 heteroatoms. The number of morpholine rings is 1. The van der Waals surface area contributed by atoms with Gasteiger partial charge in [0.2, 0.25) is 11.8 Å². The minimum absolute atomic E-state index is 0.0819. The van der Waals surface area contributed by atoms with Crippen LogP contribution < -0.4 is 4.90 Å². The van der Waals surface area contributed by atoms with Crippen LogP contribution in [0.1, 0.15) is 39.7 Å². The van der Waals surface area contributed by atoms with E-state index in [1.165, 1.54) is 12.1 Å². The Bertz CT molecular complexity index is 813. The first-order chi connectivity index (χ1) is 13.9. The third-order valence-corrected chi connectivity index (χ3v) is 5.41. The largest absolute Gasteiger partial charge is 0.378 e. The van der Waals surface area contributed by atoms with E-state index in [0.717, 1.165) is 17.5 Å². The van der Waals surface area contributed by atoms with Crippen molar-refractivity contribution in [3.8, 4) is 11.3 Å². The Hall–Kier alpha value is -2.41. The molecule has 0 unspecified atom stereocenters. The number of carbonyl (C=O) groups is 1. The summed E-state index contributed by atoms with van der Waals surface area (Å²) in [4.78, 5) is 16.9. The fourth-order valence-corrected chi connectivity index (χ4v) is 3.47. The van der Waals surface area contributed by atoms with Crippen molar-refractivity contribution < 1.29 is 18.4 Å². The average molecular weight is 403 g/mol. The third kappa shape index (κ3) is 4.78. The van der Waals surface area contributed by atoms with Crippen molar-refractivity contribution in [1.82, 2.24) is 10.1 Å². The van der Waals surface area contributed by atoms with Crippen LogP contribution >= 0.6 is 0 Å². The Morgan fingerprint density at radius 3 is 2.45 bits per heavy atom. The van der Waals surface area contributed by atoms with Crippen LogP contribution in [0.3, 0.4) is 0 Å². The van der Waals surface area contributed by atoms with E-state index in [1.807, 2.05) is 18.7 Å². The highest BCUT2D eigenvalue weighted by molar-refractivity contribution is 5.79. The highest BCUT2D eigenvalue weighted by atomic mass is 19.1. The maximum atomic E-state index is 13.4. The van der Waals surface area contributed by atoms with E-state index in [4.69, 9.17) is 9.26 Å². The lowest BCUT2D eigenvalue weighted by atomic mass is 10.0. The summed E-state index contributed by atoms with van der Waals surface area (Å²) < 4.78 is 24.7. The number of hydrogen-bond acceptors (Lipinski definition) is 5. The highest BCUT2D eigenvalue weighted by Crippen LogP contribution is 2.34. The SMILES string of the molecule is CC[C@H](C)N(Cc1c(-c2ccc(F)cc2)noc1N1CCOCC1)C(=O)C(C)C. The predicted octanol–water partition coefficient (Wildman–Crippen LogP) is 4.10. The Balaban J connectivity index is 2.03. The molecule has 1 aromatic carbocycles. The molecule has 1 amide bonds. The molecule has 2 aromatic rings. The lowest BCUT2D eigenvalue weighted by molar-refractivity contribution is -0.137. The number of aromatic nitrogens is 1. The zero-order valence-corrected chi connectivity index (χ0v) is 17.7. The molecule has 1 aliphatic rings. The Morgan fingerprint density at radius 1 is 1.21 bits per heavy atom. The summed E-state index contributed by atoms with van der Waals surface area (Å²) in [5.41, 5.74) is 2.27. The molecule has 1 aromatic heterocycles. The molecule has 0 N–H and O–H groups in total. The summed E-state index contributed by atoms with van der Waals surface area (Å²) in [7, 11) is 0. The van der Waals surface area contributed by atoms with Gasteiger partial charge in [0.05, 0.1) is 25.3 Å². The first-order valence-corrected chi connectivity index (χ1v) is 10.3. The van der Waals surface area contributed by atoms with Crippen LogP contribution in [0.25, 0.3) is 11.3 Å². The third-order valence-electron chi connectivity index (χ3n) is 5.41. The molecule has 29 heavy (non-hydrogen) atoms. The number of hydrogen-bond donors (Lipinski definition) is 0. The normalized spacial score (nSPS) is 15.6. The van der Waals surface area contributed by atoms with Crippen LogP contribution in [0, 0.1) is 11.7 Å². The van der Waals surface area contributed by atoms with E-state index in [0.29, 0.717) is 44.4 Å². The molecule has 1 saturated heterocycles. The van der Waals surface area contributed by atoms with Gasteiger partial charge >= 0.3 is 0 Å². The first kappa shape index (κ1) is 21.3. The maximum Gasteiger partial charge on any atom is 0.233 e. The summed E-state index contributed by atoms with van der Waals surface area (Å²) in [5.74, 6) is 0.351. The van der Waals surface area contributed by atoms with Crippen molar-refractivity contribution in [2.75, 3.05) is 31.2 Å². The second kappa shape index (κ2) is 9.39. The lowest BCUT2D eigenvalue weighted by Gasteiger charge is -2.32. The number of halogens is 1. The van der Waals surface area contributed by atoms with Crippen molar-refractivity contribution in [2.45, 2.75) is 46.7 Å². The average Bonchev–Trinajstić information content (AvgIpc) is 3.15. The molecule has 0 radical (unpaired) electrons. The van der Waals surface area contributed by atoms with Gasteiger partial charge in [0.1, 0.15) is 11.5 Å². The van der Waals surface area contributed by atoms with Crippen LogP contribution in [-0.4, -0.2) is 48.3 Å². The second-order valence-corrected chi connectivity index (χ2v) is 7.80. The van der Waals surface area contributed by atoms with Crippen LogP contribution in [0.4, 0.5) is 10.3 Å². The minimum Gasteiger partial charge on any atom is -0.378 e. The Kier molecular flexibility index (Phi) is 6.90. The Morgan fingerprint density at radius 2 is 1.86 bits per heavy atom. The number of rotatable bonds is 7. The first-order valence-electron chi connectivity index (χ1n) is 10.3. The summed E-state index contributed by atoms with van der Waals surface area (Å²) >= 11 is 0. The topological polar surface area (TPSA) is 58.8 Å².